The minimum absolute atomic E-state index is 0.00864. The number of benzene rings is 1. The van der Waals surface area contributed by atoms with Crippen molar-refractivity contribution in [1.29, 1.82) is 0 Å². The summed E-state index contributed by atoms with van der Waals surface area (Å²) in [5.41, 5.74) is 0.919. The van der Waals surface area contributed by atoms with E-state index in [-0.39, 0.29) is 30.1 Å². The lowest BCUT2D eigenvalue weighted by Crippen LogP contribution is -2.44. The second-order valence-electron chi connectivity index (χ2n) is 6.08. The molecule has 0 unspecified atom stereocenters. The van der Waals surface area contributed by atoms with Gasteiger partial charge in [-0.1, -0.05) is 54.7 Å². The summed E-state index contributed by atoms with van der Waals surface area (Å²) in [5, 5.41) is 4.81. The van der Waals surface area contributed by atoms with Crippen LogP contribution in [0, 0.1) is 0 Å². The van der Waals surface area contributed by atoms with Crippen LogP contribution < -0.4 is 9.86 Å². The van der Waals surface area contributed by atoms with Crippen LogP contribution in [0.25, 0.3) is 0 Å². The molecule has 0 bridgehead atoms. The fourth-order valence-corrected chi connectivity index (χ4v) is 4.39. The summed E-state index contributed by atoms with van der Waals surface area (Å²) in [6, 6.07) is 8.94. The molecule has 1 heterocycles. The maximum atomic E-state index is 12.3. The van der Waals surface area contributed by atoms with E-state index >= 15 is 0 Å². The molecule has 10 heteroatoms. The average Bonchev–Trinajstić information content (AvgIpc) is 3.01. The Morgan fingerprint density at radius 1 is 1.37 bits per heavy atom. The molecule has 0 aromatic heterocycles. The minimum Gasteiger partial charge on any atom is -0.445 e. The van der Waals surface area contributed by atoms with Crippen molar-refractivity contribution in [2.45, 2.75) is 24.1 Å². The third-order valence-electron chi connectivity index (χ3n) is 3.94. The number of carbonyl (C=O) groups is 2. The smallest absolute Gasteiger partial charge is 0.410 e. The summed E-state index contributed by atoms with van der Waals surface area (Å²) < 4.78 is 29.6. The van der Waals surface area contributed by atoms with Crippen LogP contribution in [0.15, 0.2) is 43.0 Å². The van der Waals surface area contributed by atoms with Gasteiger partial charge in [0, 0.05) is 30.8 Å². The molecule has 1 aliphatic rings. The largest absolute Gasteiger partial charge is 0.445 e. The first-order valence-corrected chi connectivity index (χ1v) is 10.8. The number of nitrogens with two attached hydrogens (primary N) is 1. The molecule has 0 aliphatic carbocycles. The second kappa shape index (κ2) is 9.88. The third-order valence-corrected chi connectivity index (χ3v) is 5.60. The lowest BCUT2D eigenvalue weighted by molar-refractivity contribution is -0.110. The van der Waals surface area contributed by atoms with Crippen molar-refractivity contribution < 1.29 is 22.7 Å². The Morgan fingerprint density at radius 3 is 2.70 bits per heavy atom. The number of ether oxygens (including phenoxy) is 1. The maximum Gasteiger partial charge on any atom is 0.410 e. The van der Waals surface area contributed by atoms with Crippen molar-refractivity contribution >= 4 is 33.2 Å². The molecule has 0 saturated carbocycles. The first-order valence-electron chi connectivity index (χ1n) is 8.33. The van der Waals surface area contributed by atoms with Crippen molar-refractivity contribution in [1.82, 2.24) is 9.62 Å². The Balaban J connectivity index is 1.97. The van der Waals surface area contributed by atoms with Crippen LogP contribution >= 0.6 is 11.8 Å². The van der Waals surface area contributed by atoms with Gasteiger partial charge in [0.1, 0.15) is 6.61 Å². The number of rotatable bonds is 8. The van der Waals surface area contributed by atoms with Gasteiger partial charge in [-0.25, -0.2) is 14.7 Å². The topological polar surface area (TPSA) is 119 Å². The summed E-state index contributed by atoms with van der Waals surface area (Å²) in [6.07, 6.45) is 1.62. The van der Waals surface area contributed by atoms with Crippen molar-refractivity contribution in [3.8, 4) is 0 Å². The van der Waals surface area contributed by atoms with Gasteiger partial charge >= 0.3 is 6.09 Å². The Morgan fingerprint density at radius 2 is 2.07 bits per heavy atom. The van der Waals surface area contributed by atoms with E-state index in [2.05, 4.69) is 11.3 Å². The van der Waals surface area contributed by atoms with Crippen LogP contribution in [-0.4, -0.2) is 55.5 Å². The standard InChI is InChI=1S/C17H23N3O5S2/c1-2-8-25-17(22)20-12-15(10-14(20)11-19-27(18,23)24)26-16(21)9-13-6-4-3-5-7-13/h2-7,14-15,19H,1,8-12H2,(H2,18,23,24)/t14-,15-/m0/s1. The number of likely N-dealkylation sites (tertiary alicyclic amines) is 1. The highest BCUT2D eigenvalue weighted by Crippen LogP contribution is 2.29. The highest BCUT2D eigenvalue weighted by Gasteiger charge is 2.37. The van der Waals surface area contributed by atoms with Crippen LogP contribution in [0.3, 0.4) is 0 Å². The van der Waals surface area contributed by atoms with Crippen LogP contribution in [-0.2, 0) is 26.2 Å². The number of carbonyl (C=O) groups excluding carboxylic acids is 2. The Bertz CT molecular complexity index is 770. The minimum atomic E-state index is -3.88. The van der Waals surface area contributed by atoms with Crippen molar-refractivity contribution in [3.63, 3.8) is 0 Å². The normalized spacial score (nSPS) is 19.7. The van der Waals surface area contributed by atoms with Gasteiger partial charge in [0.2, 0.25) is 0 Å². The van der Waals surface area contributed by atoms with E-state index in [0.717, 1.165) is 5.56 Å². The first-order chi connectivity index (χ1) is 12.8. The van der Waals surface area contributed by atoms with Gasteiger partial charge in [-0.2, -0.15) is 8.42 Å². The average molecular weight is 414 g/mol. The molecule has 1 aromatic carbocycles. The number of amides is 1. The lowest BCUT2D eigenvalue weighted by Gasteiger charge is -2.23. The molecule has 2 rings (SSSR count). The molecule has 27 heavy (non-hydrogen) atoms. The number of nitrogens with zero attached hydrogens (tertiary/aromatic N) is 1. The van der Waals surface area contributed by atoms with E-state index < -0.39 is 22.3 Å². The Labute approximate surface area is 163 Å². The van der Waals surface area contributed by atoms with Crippen LogP contribution in [0.5, 0.6) is 0 Å². The van der Waals surface area contributed by atoms with Crippen LogP contribution in [0.1, 0.15) is 12.0 Å². The second-order valence-corrected chi connectivity index (χ2v) is 8.81. The van der Waals surface area contributed by atoms with Gasteiger partial charge in [0.05, 0.1) is 0 Å². The number of nitrogens with one attached hydrogen (secondary N) is 1. The summed E-state index contributed by atoms with van der Waals surface area (Å²) in [7, 11) is -3.88. The summed E-state index contributed by atoms with van der Waals surface area (Å²) in [4.78, 5) is 26.0. The molecule has 2 atom stereocenters. The van der Waals surface area contributed by atoms with E-state index in [1.807, 2.05) is 30.3 Å². The molecular formula is C17H23N3O5S2. The molecule has 1 fully saturated rings. The van der Waals surface area contributed by atoms with Crippen LogP contribution in [0.4, 0.5) is 4.79 Å². The molecule has 8 nitrogen and oxygen atoms in total. The maximum absolute atomic E-state index is 12.3. The van der Waals surface area contributed by atoms with E-state index in [1.54, 1.807) is 0 Å². The molecule has 1 amide bonds. The van der Waals surface area contributed by atoms with E-state index in [0.29, 0.717) is 12.8 Å². The fourth-order valence-electron chi connectivity index (χ4n) is 2.79. The number of thioether (sulfide) groups is 1. The zero-order chi connectivity index (χ0) is 19.9. The van der Waals surface area contributed by atoms with Gasteiger partial charge in [-0.15, -0.1) is 0 Å². The van der Waals surface area contributed by atoms with Gasteiger partial charge in [-0.3, -0.25) is 4.79 Å². The van der Waals surface area contributed by atoms with Gasteiger partial charge in [0.25, 0.3) is 10.2 Å². The van der Waals surface area contributed by atoms with Crippen LogP contribution in [0.2, 0.25) is 0 Å². The van der Waals surface area contributed by atoms with Gasteiger partial charge < -0.3 is 9.64 Å². The molecule has 3 N–H and O–H groups in total. The fraction of sp³-hybridized carbons (Fsp3) is 0.412. The summed E-state index contributed by atoms with van der Waals surface area (Å²) in [5.74, 6) is 0. The van der Waals surface area contributed by atoms with Gasteiger partial charge in [0.15, 0.2) is 5.12 Å². The quantitative estimate of drug-likeness (QED) is 0.615. The summed E-state index contributed by atoms with van der Waals surface area (Å²) >= 11 is 1.17. The lowest BCUT2D eigenvalue weighted by atomic mass is 10.2. The van der Waals surface area contributed by atoms with E-state index in [9.17, 15) is 18.0 Å². The zero-order valence-electron chi connectivity index (χ0n) is 14.7. The molecular weight excluding hydrogens is 390 g/mol. The van der Waals surface area contributed by atoms with Gasteiger partial charge in [-0.05, 0) is 12.0 Å². The third kappa shape index (κ3) is 7.33. The Hall–Kier alpha value is -1.88. The molecule has 1 aliphatic heterocycles. The zero-order valence-corrected chi connectivity index (χ0v) is 16.4. The molecule has 148 valence electrons. The van der Waals surface area contributed by atoms with Crippen molar-refractivity contribution in [2.75, 3.05) is 19.7 Å². The van der Waals surface area contributed by atoms with Crippen molar-refractivity contribution in [3.05, 3.63) is 48.6 Å². The highest BCUT2D eigenvalue weighted by molar-refractivity contribution is 8.14. The molecule has 0 spiro atoms. The predicted molar refractivity (Wildman–Crippen MR) is 104 cm³/mol. The summed E-state index contributed by atoms with van der Waals surface area (Å²) in [6.45, 7) is 3.79. The molecule has 0 radical (unpaired) electrons. The SMILES string of the molecule is C=CCOC(=O)N1C[C@@H](SC(=O)Cc2ccccc2)C[C@H]1CNS(N)(=O)=O. The Kier molecular flexibility index (Phi) is 7.84. The van der Waals surface area contributed by atoms with E-state index in [1.165, 1.54) is 22.7 Å². The molecule has 1 aromatic rings. The highest BCUT2D eigenvalue weighted by atomic mass is 32.2. The predicted octanol–water partition coefficient (Wildman–Crippen LogP) is 1.05. The first kappa shape index (κ1) is 21.4. The molecule has 1 saturated heterocycles. The number of hydrogen-bond acceptors (Lipinski definition) is 6. The van der Waals surface area contributed by atoms with Crippen molar-refractivity contribution in [2.24, 2.45) is 5.14 Å². The van der Waals surface area contributed by atoms with E-state index in [4.69, 9.17) is 9.88 Å². The monoisotopic (exact) mass is 413 g/mol. The number of hydrogen-bond donors (Lipinski definition) is 2.